The largest absolute Gasteiger partial charge is 0.382 e. The van der Waals surface area contributed by atoms with E-state index in [0.717, 1.165) is 31.2 Å². The van der Waals surface area contributed by atoms with Gasteiger partial charge in [-0.2, -0.15) is 0 Å². The first kappa shape index (κ1) is 16.4. The number of nitrogens with zero attached hydrogens (tertiary/aromatic N) is 2. The fourth-order valence-electron chi connectivity index (χ4n) is 3.17. The number of rotatable bonds is 3. The normalized spacial score (nSPS) is 16.2. The maximum atomic E-state index is 12.6. The molecule has 0 bridgehead atoms. The summed E-state index contributed by atoms with van der Waals surface area (Å²) >= 11 is 0. The lowest BCUT2D eigenvalue weighted by atomic mass is 9.96. The molecule has 5 nitrogen and oxygen atoms in total. The van der Waals surface area contributed by atoms with Gasteiger partial charge in [0.25, 0.3) is 5.91 Å². The molecule has 3 N–H and O–H groups in total. The quantitative estimate of drug-likeness (QED) is 0.904. The van der Waals surface area contributed by atoms with Crippen LogP contribution in [0.2, 0.25) is 0 Å². The summed E-state index contributed by atoms with van der Waals surface area (Å²) in [5, 5.41) is 3.10. The van der Waals surface area contributed by atoms with Gasteiger partial charge >= 0.3 is 0 Å². The predicted octanol–water partition coefficient (Wildman–Crippen LogP) is 3.57. The highest BCUT2D eigenvalue weighted by Gasteiger charge is 2.19. The number of nitrogens with one attached hydrogen (secondary N) is 1. The summed E-state index contributed by atoms with van der Waals surface area (Å²) in [5.74, 6) is -0.0404. The van der Waals surface area contributed by atoms with Gasteiger partial charge in [-0.15, -0.1) is 0 Å². The lowest BCUT2D eigenvalue weighted by molar-refractivity contribution is 0.0926. The van der Waals surface area contributed by atoms with E-state index in [1.54, 1.807) is 6.20 Å². The van der Waals surface area contributed by atoms with Crippen molar-refractivity contribution in [2.24, 2.45) is 0 Å². The highest BCUT2D eigenvalue weighted by Crippen LogP contribution is 2.20. The van der Waals surface area contributed by atoms with Gasteiger partial charge in [0.1, 0.15) is 0 Å². The molecule has 1 fully saturated rings. The van der Waals surface area contributed by atoms with Crippen LogP contribution in [0.4, 0.5) is 5.82 Å². The topological polar surface area (TPSA) is 80.9 Å². The fourth-order valence-corrected chi connectivity index (χ4v) is 3.17. The van der Waals surface area contributed by atoms with Crippen LogP contribution in [0.25, 0.3) is 11.3 Å². The maximum Gasteiger partial charge on any atom is 0.273 e. The van der Waals surface area contributed by atoms with E-state index in [1.165, 1.54) is 19.3 Å². The number of benzene rings is 1. The Morgan fingerprint density at radius 3 is 2.42 bits per heavy atom. The molecule has 1 aromatic heterocycles. The van der Waals surface area contributed by atoms with E-state index in [0.29, 0.717) is 5.69 Å². The molecule has 1 amide bonds. The van der Waals surface area contributed by atoms with E-state index in [1.807, 2.05) is 30.3 Å². The third-order valence-electron chi connectivity index (χ3n) is 4.53. The van der Waals surface area contributed by atoms with E-state index >= 15 is 0 Å². The average Bonchev–Trinajstić information content (AvgIpc) is 2.58. The number of aromatic nitrogens is 2. The highest BCUT2D eigenvalue weighted by atomic mass is 16.2. The lowest BCUT2D eigenvalue weighted by Crippen LogP contribution is -2.36. The molecule has 2 aromatic rings. The van der Waals surface area contributed by atoms with Crippen LogP contribution < -0.4 is 11.1 Å². The Morgan fingerprint density at radius 1 is 1.04 bits per heavy atom. The number of nitrogens with two attached hydrogens (primary N) is 1. The molecule has 1 aromatic carbocycles. The molecule has 0 aliphatic heterocycles. The number of carbonyl (C=O) groups excluding carboxylic acids is 1. The average molecular weight is 324 g/mol. The second kappa shape index (κ2) is 7.90. The molecule has 126 valence electrons. The number of anilines is 1. The number of hydrogen-bond acceptors (Lipinski definition) is 4. The first-order valence-corrected chi connectivity index (χ1v) is 8.73. The zero-order valence-electron chi connectivity index (χ0n) is 13.9. The van der Waals surface area contributed by atoms with Crippen molar-refractivity contribution in [3.63, 3.8) is 0 Å². The zero-order chi connectivity index (χ0) is 16.8. The summed E-state index contributed by atoms with van der Waals surface area (Å²) in [5.41, 5.74) is 7.70. The van der Waals surface area contributed by atoms with Crippen molar-refractivity contribution in [2.75, 3.05) is 5.73 Å². The molecule has 24 heavy (non-hydrogen) atoms. The van der Waals surface area contributed by atoms with Gasteiger partial charge in [0.15, 0.2) is 11.5 Å². The fraction of sp³-hybridized carbons (Fsp3) is 0.421. The van der Waals surface area contributed by atoms with Gasteiger partial charge in [-0.1, -0.05) is 62.4 Å². The minimum absolute atomic E-state index is 0.179. The van der Waals surface area contributed by atoms with E-state index in [4.69, 9.17) is 5.73 Å². The molecular formula is C19H24N4O. The second-order valence-electron chi connectivity index (χ2n) is 6.37. The van der Waals surface area contributed by atoms with Gasteiger partial charge in [-0.05, 0) is 12.8 Å². The van der Waals surface area contributed by atoms with Crippen LogP contribution in [-0.2, 0) is 0 Å². The molecule has 0 saturated heterocycles. The monoisotopic (exact) mass is 324 g/mol. The number of nitrogen functional groups attached to an aromatic ring is 1. The number of amides is 1. The summed E-state index contributed by atoms with van der Waals surface area (Å²) in [7, 11) is 0. The van der Waals surface area contributed by atoms with Crippen molar-refractivity contribution < 1.29 is 4.79 Å². The van der Waals surface area contributed by atoms with Crippen LogP contribution in [0, 0.1) is 0 Å². The minimum atomic E-state index is -0.219. The van der Waals surface area contributed by atoms with Crippen molar-refractivity contribution in [1.82, 2.24) is 15.3 Å². The van der Waals surface area contributed by atoms with E-state index in [-0.39, 0.29) is 23.5 Å². The van der Waals surface area contributed by atoms with Gasteiger partial charge in [0, 0.05) is 11.6 Å². The second-order valence-corrected chi connectivity index (χ2v) is 6.37. The highest BCUT2D eigenvalue weighted by molar-refractivity contribution is 5.97. The SMILES string of the molecule is Nc1ncc(-c2ccccc2)nc1C(=O)NC1CCCCCCC1. The van der Waals surface area contributed by atoms with Gasteiger partial charge < -0.3 is 11.1 Å². The summed E-state index contributed by atoms with van der Waals surface area (Å²) in [6.07, 6.45) is 9.78. The first-order chi connectivity index (χ1) is 11.7. The molecule has 1 heterocycles. The smallest absolute Gasteiger partial charge is 0.273 e. The molecular weight excluding hydrogens is 300 g/mol. The van der Waals surface area contributed by atoms with E-state index in [9.17, 15) is 4.79 Å². The van der Waals surface area contributed by atoms with E-state index < -0.39 is 0 Å². The summed E-state index contributed by atoms with van der Waals surface area (Å²) in [6.45, 7) is 0. The summed E-state index contributed by atoms with van der Waals surface area (Å²) in [4.78, 5) is 21.2. The lowest BCUT2D eigenvalue weighted by Gasteiger charge is -2.21. The van der Waals surface area contributed by atoms with Gasteiger partial charge in [-0.25, -0.2) is 9.97 Å². The molecule has 0 atom stereocenters. The molecule has 5 heteroatoms. The van der Waals surface area contributed by atoms with E-state index in [2.05, 4.69) is 15.3 Å². The Balaban J connectivity index is 1.76. The Labute approximate surface area is 142 Å². The van der Waals surface area contributed by atoms with Crippen molar-refractivity contribution in [3.8, 4) is 11.3 Å². The Morgan fingerprint density at radius 2 is 1.71 bits per heavy atom. The molecule has 0 spiro atoms. The number of carbonyl (C=O) groups is 1. The molecule has 0 radical (unpaired) electrons. The van der Waals surface area contributed by atoms with Gasteiger partial charge in [-0.3, -0.25) is 4.79 Å². The standard InChI is InChI=1S/C19H24N4O/c20-18-17(19(24)22-15-11-7-2-1-3-8-12-15)23-16(13-21-18)14-9-5-4-6-10-14/h4-6,9-10,13,15H,1-3,7-8,11-12H2,(H2,20,21)(H,22,24). The van der Waals surface area contributed by atoms with Crippen LogP contribution in [-0.4, -0.2) is 21.9 Å². The van der Waals surface area contributed by atoms with Gasteiger partial charge in [0.05, 0.1) is 11.9 Å². The minimum Gasteiger partial charge on any atom is -0.382 e. The Kier molecular flexibility index (Phi) is 5.41. The van der Waals surface area contributed by atoms with Gasteiger partial charge in [0.2, 0.25) is 0 Å². The van der Waals surface area contributed by atoms with Crippen molar-refractivity contribution >= 4 is 11.7 Å². The Hall–Kier alpha value is -2.43. The third-order valence-corrected chi connectivity index (χ3v) is 4.53. The van der Waals surface area contributed by atoms with Crippen LogP contribution in [0.3, 0.4) is 0 Å². The van der Waals surface area contributed by atoms with Crippen molar-refractivity contribution in [3.05, 3.63) is 42.2 Å². The number of hydrogen-bond donors (Lipinski definition) is 2. The molecule has 1 aliphatic carbocycles. The van der Waals surface area contributed by atoms with Crippen LogP contribution in [0.15, 0.2) is 36.5 Å². The molecule has 1 aliphatic rings. The summed E-state index contributed by atoms with van der Waals surface area (Å²) < 4.78 is 0. The first-order valence-electron chi connectivity index (χ1n) is 8.73. The maximum absolute atomic E-state index is 12.6. The predicted molar refractivity (Wildman–Crippen MR) is 95.5 cm³/mol. The zero-order valence-corrected chi connectivity index (χ0v) is 13.9. The van der Waals surface area contributed by atoms with Crippen molar-refractivity contribution in [2.45, 2.75) is 51.0 Å². The van der Waals surface area contributed by atoms with Crippen LogP contribution >= 0.6 is 0 Å². The van der Waals surface area contributed by atoms with Crippen molar-refractivity contribution in [1.29, 1.82) is 0 Å². The molecule has 3 rings (SSSR count). The van der Waals surface area contributed by atoms with Crippen LogP contribution in [0.5, 0.6) is 0 Å². The molecule has 0 unspecified atom stereocenters. The van der Waals surface area contributed by atoms with Crippen LogP contribution in [0.1, 0.15) is 55.4 Å². The summed E-state index contributed by atoms with van der Waals surface area (Å²) in [6, 6.07) is 9.90. The molecule has 1 saturated carbocycles. The Bertz CT molecular complexity index is 679. The third kappa shape index (κ3) is 4.10.